The summed E-state index contributed by atoms with van der Waals surface area (Å²) in [6, 6.07) is 5.57. The number of hydrogen-bond acceptors (Lipinski definition) is 6. The summed E-state index contributed by atoms with van der Waals surface area (Å²) in [7, 11) is 0. The summed E-state index contributed by atoms with van der Waals surface area (Å²) in [5, 5.41) is 39.4. The van der Waals surface area contributed by atoms with Gasteiger partial charge >= 0.3 is 0 Å². The molecule has 0 radical (unpaired) electrons. The highest BCUT2D eigenvalue weighted by molar-refractivity contribution is 9.10. The van der Waals surface area contributed by atoms with Gasteiger partial charge in [-0.3, -0.25) is 0 Å². The van der Waals surface area contributed by atoms with E-state index in [4.69, 9.17) is 9.47 Å². The third kappa shape index (κ3) is 2.73. The number of aliphatic hydroxyl groups is 4. The molecule has 5 atom stereocenters. The molecule has 0 amide bonds. The van der Waals surface area contributed by atoms with Crippen molar-refractivity contribution in [3.63, 3.8) is 0 Å². The maximum absolute atomic E-state index is 9.99. The van der Waals surface area contributed by atoms with Crippen molar-refractivity contribution in [1.29, 1.82) is 0 Å². The Labute approximate surface area is 134 Å². The predicted molar refractivity (Wildman–Crippen MR) is 80.4 cm³/mol. The van der Waals surface area contributed by atoms with Gasteiger partial charge in [0, 0.05) is 21.6 Å². The second-order valence-corrected chi connectivity index (χ2v) is 6.07. The van der Waals surface area contributed by atoms with E-state index in [0.29, 0.717) is 5.75 Å². The molecule has 0 saturated carbocycles. The molecule has 2 aromatic rings. The second kappa shape index (κ2) is 6.15. The monoisotopic (exact) mass is 373 g/mol. The van der Waals surface area contributed by atoms with Crippen LogP contribution in [0.4, 0.5) is 0 Å². The van der Waals surface area contributed by atoms with Crippen LogP contribution in [0.1, 0.15) is 0 Å². The van der Waals surface area contributed by atoms with Crippen LogP contribution in [0.25, 0.3) is 10.9 Å². The van der Waals surface area contributed by atoms with Crippen LogP contribution in [-0.2, 0) is 4.74 Å². The molecule has 3 rings (SSSR count). The smallest absolute Gasteiger partial charge is 0.229 e. The number of aromatic nitrogens is 1. The molecule has 1 aromatic heterocycles. The number of nitrogens with one attached hydrogen (secondary N) is 1. The van der Waals surface area contributed by atoms with Gasteiger partial charge in [0.15, 0.2) is 0 Å². The molecule has 1 aromatic carbocycles. The summed E-state index contributed by atoms with van der Waals surface area (Å²) in [5.74, 6) is 0.431. The van der Waals surface area contributed by atoms with Crippen LogP contribution in [0.2, 0.25) is 0 Å². The molecule has 2 heterocycles. The standard InChI is InChI=1S/C14H16BrNO6/c15-6-1-2-8-7(3-6)9(4-16-8)21-14-13(20)12(19)11(18)10(5-17)22-14/h1-4,10-14,16-20H,5H2. The lowest BCUT2D eigenvalue weighted by atomic mass is 9.99. The highest BCUT2D eigenvalue weighted by Gasteiger charge is 2.44. The molecule has 8 heteroatoms. The third-order valence-electron chi connectivity index (χ3n) is 3.70. The lowest BCUT2D eigenvalue weighted by Crippen LogP contribution is -2.60. The van der Waals surface area contributed by atoms with Crippen molar-refractivity contribution in [2.24, 2.45) is 0 Å². The zero-order chi connectivity index (χ0) is 15.9. The summed E-state index contributed by atoms with van der Waals surface area (Å²) < 4.78 is 11.8. The molecule has 5 unspecified atom stereocenters. The largest absolute Gasteiger partial charge is 0.460 e. The zero-order valence-corrected chi connectivity index (χ0v) is 13.0. The van der Waals surface area contributed by atoms with Crippen LogP contribution in [0.15, 0.2) is 28.9 Å². The second-order valence-electron chi connectivity index (χ2n) is 5.16. The summed E-state index contributed by atoms with van der Waals surface area (Å²) in [5.41, 5.74) is 0.836. The first-order chi connectivity index (χ1) is 10.5. The van der Waals surface area contributed by atoms with Crippen molar-refractivity contribution in [3.8, 4) is 5.75 Å². The Balaban J connectivity index is 1.85. The number of benzene rings is 1. The number of aromatic amines is 1. The number of ether oxygens (including phenoxy) is 2. The highest BCUT2D eigenvalue weighted by Crippen LogP contribution is 2.31. The number of halogens is 1. The first kappa shape index (κ1) is 15.7. The first-order valence-electron chi connectivity index (χ1n) is 6.75. The van der Waals surface area contributed by atoms with Gasteiger partial charge in [-0.05, 0) is 18.2 Å². The molecule has 0 spiro atoms. The maximum atomic E-state index is 9.99. The number of hydrogen-bond donors (Lipinski definition) is 5. The van der Waals surface area contributed by atoms with Crippen LogP contribution < -0.4 is 4.74 Å². The molecule has 22 heavy (non-hydrogen) atoms. The SMILES string of the molecule is OCC1OC(Oc2c[nH]c3ccc(Br)cc23)C(O)C(O)C1O. The number of aliphatic hydroxyl groups excluding tert-OH is 4. The van der Waals surface area contributed by atoms with Crippen molar-refractivity contribution >= 4 is 26.8 Å². The van der Waals surface area contributed by atoms with Gasteiger partial charge in [0.1, 0.15) is 30.2 Å². The number of fused-ring (bicyclic) bond motifs is 1. The summed E-state index contributed by atoms with van der Waals surface area (Å²) in [6.45, 7) is -0.496. The van der Waals surface area contributed by atoms with Gasteiger partial charge in [0.2, 0.25) is 6.29 Å². The molecule has 7 nitrogen and oxygen atoms in total. The van der Waals surface area contributed by atoms with E-state index in [1.807, 2.05) is 18.2 Å². The van der Waals surface area contributed by atoms with Gasteiger partial charge in [-0.2, -0.15) is 0 Å². The van der Waals surface area contributed by atoms with Gasteiger partial charge in [0.25, 0.3) is 0 Å². The van der Waals surface area contributed by atoms with E-state index >= 15 is 0 Å². The molecule has 0 bridgehead atoms. The Hall–Kier alpha value is -1.16. The topological polar surface area (TPSA) is 115 Å². The van der Waals surface area contributed by atoms with Gasteiger partial charge in [-0.1, -0.05) is 15.9 Å². The van der Waals surface area contributed by atoms with Gasteiger partial charge < -0.3 is 34.9 Å². The number of H-pyrrole nitrogens is 1. The first-order valence-corrected chi connectivity index (χ1v) is 7.54. The van der Waals surface area contributed by atoms with E-state index in [0.717, 1.165) is 15.4 Å². The normalized spacial score (nSPS) is 32.3. The van der Waals surface area contributed by atoms with Crippen molar-refractivity contribution in [2.45, 2.75) is 30.7 Å². The van der Waals surface area contributed by atoms with Crippen LogP contribution in [0.3, 0.4) is 0 Å². The molecule has 1 fully saturated rings. The van der Waals surface area contributed by atoms with E-state index < -0.39 is 37.3 Å². The zero-order valence-electron chi connectivity index (χ0n) is 11.4. The maximum Gasteiger partial charge on any atom is 0.229 e. The predicted octanol–water partition coefficient (Wildman–Crippen LogP) is 0.109. The average molecular weight is 374 g/mol. The Morgan fingerprint density at radius 1 is 1.18 bits per heavy atom. The summed E-state index contributed by atoms with van der Waals surface area (Å²) >= 11 is 3.37. The third-order valence-corrected chi connectivity index (χ3v) is 4.19. The Bertz CT molecular complexity index is 660. The van der Waals surface area contributed by atoms with E-state index in [9.17, 15) is 20.4 Å². The summed E-state index contributed by atoms with van der Waals surface area (Å²) in [4.78, 5) is 3.02. The Morgan fingerprint density at radius 3 is 2.68 bits per heavy atom. The van der Waals surface area contributed by atoms with Gasteiger partial charge in [0.05, 0.1) is 6.61 Å². The molecule has 0 aliphatic carbocycles. The van der Waals surface area contributed by atoms with Crippen LogP contribution >= 0.6 is 15.9 Å². The van der Waals surface area contributed by atoms with Crippen LogP contribution in [0, 0.1) is 0 Å². The quantitative estimate of drug-likeness (QED) is 0.521. The van der Waals surface area contributed by atoms with E-state index in [2.05, 4.69) is 20.9 Å². The molecule has 5 N–H and O–H groups in total. The molecular weight excluding hydrogens is 358 g/mol. The van der Waals surface area contributed by atoms with Crippen molar-refractivity contribution in [3.05, 3.63) is 28.9 Å². The molecular formula is C14H16BrNO6. The Morgan fingerprint density at radius 2 is 1.95 bits per heavy atom. The van der Waals surface area contributed by atoms with Crippen molar-refractivity contribution in [1.82, 2.24) is 4.98 Å². The average Bonchev–Trinajstić information content (AvgIpc) is 2.90. The molecule has 1 saturated heterocycles. The lowest BCUT2D eigenvalue weighted by Gasteiger charge is -2.39. The number of rotatable bonds is 3. The minimum Gasteiger partial charge on any atom is -0.460 e. The molecule has 1 aliphatic heterocycles. The molecule has 1 aliphatic rings. The fourth-order valence-electron chi connectivity index (χ4n) is 2.45. The fourth-order valence-corrected chi connectivity index (χ4v) is 2.82. The lowest BCUT2D eigenvalue weighted by molar-refractivity contribution is -0.277. The Kier molecular flexibility index (Phi) is 4.40. The summed E-state index contributed by atoms with van der Waals surface area (Å²) in [6.07, 6.45) is -4.90. The minimum absolute atomic E-state index is 0.431. The van der Waals surface area contributed by atoms with E-state index in [1.54, 1.807) is 6.20 Å². The minimum atomic E-state index is -1.46. The van der Waals surface area contributed by atoms with Gasteiger partial charge in [-0.25, -0.2) is 0 Å². The van der Waals surface area contributed by atoms with Crippen molar-refractivity contribution < 1.29 is 29.9 Å². The highest BCUT2D eigenvalue weighted by atomic mass is 79.9. The van der Waals surface area contributed by atoms with Gasteiger partial charge in [-0.15, -0.1) is 0 Å². The molecule has 120 valence electrons. The van der Waals surface area contributed by atoms with E-state index in [-0.39, 0.29) is 0 Å². The van der Waals surface area contributed by atoms with Crippen molar-refractivity contribution in [2.75, 3.05) is 6.61 Å². The van der Waals surface area contributed by atoms with Crippen LogP contribution in [0.5, 0.6) is 5.75 Å². The fraction of sp³-hybridized carbons (Fsp3) is 0.429. The van der Waals surface area contributed by atoms with E-state index in [1.165, 1.54) is 0 Å². The van der Waals surface area contributed by atoms with Crippen LogP contribution in [-0.4, -0.2) is 62.7 Å².